The smallest absolute Gasteiger partial charge is 0.406 e. The molecule has 0 aromatic heterocycles. The van der Waals surface area contributed by atoms with E-state index in [1.165, 1.54) is 12.1 Å². The number of sulfonamides is 1. The van der Waals surface area contributed by atoms with Gasteiger partial charge in [0.25, 0.3) is 0 Å². The maximum atomic E-state index is 12.5. The van der Waals surface area contributed by atoms with E-state index in [0.29, 0.717) is 11.3 Å². The zero-order valence-electron chi connectivity index (χ0n) is 19.3. The van der Waals surface area contributed by atoms with E-state index in [-0.39, 0.29) is 5.75 Å². The van der Waals surface area contributed by atoms with Crippen LogP contribution in [0.2, 0.25) is 0 Å². The van der Waals surface area contributed by atoms with Gasteiger partial charge in [0, 0.05) is 12.1 Å². The molecule has 0 fully saturated rings. The van der Waals surface area contributed by atoms with Crippen LogP contribution in [-0.2, 0) is 22.2 Å². The monoisotopic (exact) mass is 481 g/mol. The molecule has 8 heteroatoms. The van der Waals surface area contributed by atoms with Gasteiger partial charge in [-0.25, -0.2) is 8.42 Å². The highest BCUT2D eigenvalue weighted by atomic mass is 32.2. The first-order valence-electron chi connectivity index (χ1n) is 10.3. The molecule has 0 amide bonds. The molecule has 0 bridgehead atoms. The topological polar surface area (TPSA) is 55.4 Å². The van der Waals surface area contributed by atoms with Crippen LogP contribution < -0.4 is 9.46 Å². The fraction of sp³-hybridized carbons (Fsp3) is 0.360. The standard InChI is InChI=1S/C21H24F3NO3S.C4H6/c1-14(2)5-8-18-12-19(11-15(3)16(18)4)25-29(26,27)13-17-6-9-20(10-7-17)28-21(22,23)24;1-3-4-2/h6-7,9-12,25H,1,5,8,13H2,2-4H3;1H,4H2,2H3. The second-order valence-corrected chi connectivity index (χ2v) is 9.37. The predicted molar refractivity (Wildman–Crippen MR) is 128 cm³/mol. The summed E-state index contributed by atoms with van der Waals surface area (Å²) in [6, 6.07) is 8.33. The number of halogens is 3. The number of rotatable bonds is 8. The van der Waals surface area contributed by atoms with Gasteiger partial charge in [-0.15, -0.1) is 32.1 Å². The summed E-state index contributed by atoms with van der Waals surface area (Å²) in [5, 5.41) is 0. The molecule has 2 aromatic carbocycles. The molecule has 0 aliphatic rings. The van der Waals surface area contributed by atoms with Gasteiger partial charge in [0.05, 0.1) is 5.75 Å². The lowest BCUT2D eigenvalue weighted by Crippen LogP contribution is -2.17. The molecule has 0 radical (unpaired) electrons. The van der Waals surface area contributed by atoms with Crippen molar-refractivity contribution in [1.29, 1.82) is 0 Å². The number of anilines is 1. The van der Waals surface area contributed by atoms with Crippen LogP contribution in [0.15, 0.2) is 48.6 Å². The van der Waals surface area contributed by atoms with Gasteiger partial charge >= 0.3 is 6.36 Å². The van der Waals surface area contributed by atoms with Crippen molar-refractivity contribution in [1.82, 2.24) is 0 Å². The van der Waals surface area contributed by atoms with Crippen LogP contribution in [0.5, 0.6) is 5.75 Å². The molecule has 2 rings (SSSR count). The summed E-state index contributed by atoms with van der Waals surface area (Å²) in [6.07, 6.45) is 2.40. The minimum atomic E-state index is -4.79. The Labute approximate surface area is 194 Å². The molecule has 0 saturated heterocycles. The number of nitrogens with one attached hydrogen (secondary N) is 1. The molecule has 33 heavy (non-hydrogen) atoms. The van der Waals surface area contributed by atoms with E-state index in [0.717, 1.165) is 53.7 Å². The van der Waals surface area contributed by atoms with Crippen molar-refractivity contribution in [2.45, 2.75) is 59.1 Å². The highest BCUT2D eigenvalue weighted by Crippen LogP contribution is 2.25. The maximum absolute atomic E-state index is 12.5. The van der Waals surface area contributed by atoms with E-state index in [2.05, 4.69) is 22.0 Å². The predicted octanol–water partition coefficient (Wildman–Crippen LogP) is 6.68. The van der Waals surface area contributed by atoms with Crippen LogP contribution in [-0.4, -0.2) is 14.8 Å². The van der Waals surface area contributed by atoms with Crippen molar-refractivity contribution in [2.75, 3.05) is 4.72 Å². The average molecular weight is 482 g/mol. The van der Waals surface area contributed by atoms with Crippen molar-refractivity contribution < 1.29 is 26.3 Å². The number of terminal acetylenes is 1. The summed E-state index contributed by atoms with van der Waals surface area (Å²) < 4.78 is 68.0. The SMILES string of the molecule is C#CCC.C=C(C)CCc1cc(NS(=O)(=O)Cc2ccc(OC(F)(F)F)cc2)cc(C)c1C. The van der Waals surface area contributed by atoms with Crippen LogP contribution >= 0.6 is 0 Å². The highest BCUT2D eigenvalue weighted by Gasteiger charge is 2.31. The minimum absolute atomic E-state index is 0.346. The molecule has 2 aromatic rings. The Morgan fingerprint density at radius 2 is 1.76 bits per heavy atom. The third-order valence-corrected chi connectivity index (χ3v) is 5.85. The Morgan fingerprint density at radius 1 is 1.18 bits per heavy atom. The van der Waals surface area contributed by atoms with Crippen molar-refractivity contribution in [3.63, 3.8) is 0 Å². The lowest BCUT2D eigenvalue weighted by molar-refractivity contribution is -0.274. The molecule has 180 valence electrons. The number of hydrogen-bond acceptors (Lipinski definition) is 3. The highest BCUT2D eigenvalue weighted by molar-refractivity contribution is 7.91. The third kappa shape index (κ3) is 11.0. The molecule has 4 nitrogen and oxygen atoms in total. The average Bonchev–Trinajstić information content (AvgIpc) is 2.69. The van der Waals surface area contributed by atoms with Gasteiger partial charge in [-0.1, -0.05) is 24.6 Å². The molecule has 0 aliphatic heterocycles. The normalized spacial score (nSPS) is 11.1. The van der Waals surface area contributed by atoms with E-state index >= 15 is 0 Å². The second-order valence-electron chi connectivity index (χ2n) is 7.64. The summed E-state index contributed by atoms with van der Waals surface area (Å²) in [6.45, 7) is 11.7. The van der Waals surface area contributed by atoms with Crippen molar-refractivity contribution >= 4 is 15.7 Å². The van der Waals surface area contributed by atoms with E-state index in [4.69, 9.17) is 6.42 Å². The molecule has 0 aliphatic carbocycles. The van der Waals surface area contributed by atoms with Gasteiger partial charge in [-0.3, -0.25) is 4.72 Å². The number of hydrogen-bond donors (Lipinski definition) is 1. The number of alkyl halides is 3. The fourth-order valence-corrected chi connectivity index (χ4v) is 4.00. The van der Waals surface area contributed by atoms with Gasteiger partial charge < -0.3 is 4.74 Å². The summed E-state index contributed by atoms with van der Waals surface area (Å²) >= 11 is 0. The van der Waals surface area contributed by atoms with Crippen LogP contribution in [0.1, 0.15) is 48.9 Å². The first kappa shape index (κ1) is 28.1. The quantitative estimate of drug-likeness (QED) is 0.338. The number of ether oxygens (including phenoxy) is 1. The van der Waals surface area contributed by atoms with Crippen LogP contribution in [0.25, 0.3) is 0 Å². The van der Waals surface area contributed by atoms with Gasteiger partial charge in [-0.05, 0) is 80.1 Å². The molecular formula is C25H30F3NO3S. The molecule has 0 atom stereocenters. The second kappa shape index (κ2) is 12.4. The number of aryl methyl sites for hydroxylation is 2. The Bertz CT molecular complexity index is 1080. The van der Waals surface area contributed by atoms with Crippen LogP contribution in [0.3, 0.4) is 0 Å². The first-order valence-corrected chi connectivity index (χ1v) is 11.9. The van der Waals surface area contributed by atoms with Crippen LogP contribution in [0, 0.1) is 26.2 Å². The molecule has 0 heterocycles. The fourth-order valence-electron chi connectivity index (χ4n) is 2.82. The lowest BCUT2D eigenvalue weighted by atomic mass is 9.97. The molecule has 0 unspecified atom stereocenters. The van der Waals surface area contributed by atoms with E-state index in [9.17, 15) is 21.6 Å². The number of allylic oxidation sites excluding steroid dienone is 1. The Morgan fingerprint density at radius 3 is 2.24 bits per heavy atom. The summed E-state index contributed by atoms with van der Waals surface area (Å²) in [4.78, 5) is 0. The Hall–Kier alpha value is -2.92. The molecule has 0 saturated carbocycles. The maximum Gasteiger partial charge on any atom is 0.573 e. The van der Waals surface area contributed by atoms with Gasteiger partial charge in [0.2, 0.25) is 10.0 Å². The summed E-state index contributed by atoms with van der Waals surface area (Å²) in [5.41, 5.74) is 4.97. The van der Waals surface area contributed by atoms with Crippen molar-refractivity contribution in [2.24, 2.45) is 0 Å². The first-order chi connectivity index (χ1) is 15.3. The van der Waals surface area contributed by atoms with Gasteiger partial charge in [0.1, 0.15) is 5.75 Å². The molecule has 0 spiro atoms. The van der Waals surface area contributed by atoms with E-state index in [1.807, 2.05) is 33.8 Å². The minimum Gasteiger partial charge on any atom is -0.406 e. The Balaban J connectivity index is 0.00000125. The summed E-state index contributed by atoms with van der Waals surface area (Å²) in [7, 11) is -3.74. The largest absolute Gasteiger partial charge is 0.573 e. The zero-order chi connectivity index (χ0) is 25.2. The van der Waals surface area contributed by atoms with Crippen LogP contribution in [0.4, 0.5) is 18.9 Å². The van der Waals surface area contributed by atoms with Gasteiger partial charge in [-0.2, -0.15) is 0 Å². The van der Waals surface area contributed by atoms with Gasteiger partial charge in [0.15, 0.2) is 0 Å². The van der Waals surface area contributed by atoms with Crippen molar-refractivity contribution in [3.8, 4) is 18.1 Å². The number of benzene rings is 2. The lowest BCUT2D eigenvalue weighted by Gasteiger charge is -2.14. The van der Waals surface area contributed by atoms with E-state index in [1.54, 1.807) is 6.07 Å². The summed E-state index contributed by atoms with van der Waals surface area (Å²) in [5.74, 6) is 1.66. The Kier molecular flexibility index (Phi) is 10.5. The molecular weight excluding hydrogens is 451 g/mol. The third-order valence-electron chi connectivity index (χ3n) is 4.59. The van der Waals surface area contributed by atoms with Crippen molar-refractivity contribution in [3.05, 3.63) is 70.8 Å². The molecule has 1 N–H and O–H groups in total. The zero-order valence-corrected chi connectivity index (χ0v) is 20.2. The van der Waals surface area contributed by atoms with E-state index < -0.39 is 22.1 Å².